The minimum atomic E-state index is -0.323. The number of carbonyl (C=O) groups excluding carboxylic acids is 2. The number of amides is 2. The van der Waals surface area contributed by atoms with Crippen molar-refractivity contribution in [2.75, 3.05) is 18.7 Å². The average molecular weight is 386 g/mol. The molecule has 140 valence electrons. The average Bonchev–Trinajstić information content (AvgIpc) is 3.08. The van der Waals surface area contributed by atoms with Crippen molar-refractivity contribution in [2.24, 2.45) is 5.92 Å². The number of hydrogen-bond donors (Lipinski definition) is 1. The highest BCUT2D eigenvalue weighted by atomic mass is 32.1. The first-order valence-electron chi connectivity index (χ1n) is 9.04. The largest absolute Gasteiger partial charge is 0.454 e. The van der Waals surface area contributed by atoms with Crippen molar-refractivity contribution in [3.8, 4) is 11.5 Å². The van der Waals surface area contributed by atoms with Crippen LogP contribution in [0, 0.1) is 5.92 Å². The maximum absolute atomic E-state index is 12.5. The van der Waals surface area contributed by atoms with Crippen molar-refractivity contribution in [3.05, 3.63) is 28.2 Å². The van der Waals surface area contributed by atoms with Gasteiger partial charge < -0.3 is 19.7 Å². The van der Waals surface area contributed by atoms with E-state index in [2.05, 4.69) is 15.5 Å². The Morgan fingerprint density at radius 1 is 1.15 bits per heavy atom. The fraction of sp³-hybridized carbons (Fsp3) is 0.444. The van der Waals surface area contributed by atoms with Crippen LogP contribution in [0.3, 0.4) is 0 Å². The third kappa shape index (κ3) is 3.12. The van der Waals surface area contributed by atoms with Crippen molar-refractivity contribution in [2.45, 2.75) is 31.7 Å². The molecule has 0 unspecified atom stereocenters. The normalized spacial score (nSPS) is 20.7. The SMILES string of the molecule is O=C(Nc1ccc2c(c1)OCO2)c1nnc([C@@H]2CCCN2C(=O)C2CC2)s1. The number of ether oxygens (including phenoxy) is 2. The van der Waals surface area contributed by atoms with Crippen LogP contribution in [0.4, 0.5) is 5.69 Å². The van der Waals surface area contributed by atoms with Crippen LogP contribution in [-0.2, 0) is 4.79 Å². The Morgan fingerprint density at radius 2 is 2.00 bits per heavy atom. The molecular formula is C18H18N4O4S. The van der Waals surface area contributed by atoms with Crippen molar-refractivity contribution in [1.82, 2.24) is 15.1 Å². The summed E-state index contributed by atoms with van der Waals surface area (Å²) in [6.07, 6.45) is 3.81. The third-order valence-corrected chi connectivity index (χ3v) is 6.04. The molecule has 2 amide bonds. The minimum absolute atomic E-state index is 0.0531. The lowest BCUT2D eigenvalue weighted by Crippen LogP contribution is -2.31. The highest BCUT2D eigenvalue weighted by molar-refractivity contribution is 7.13. The molecule has 1 aromatic heterocycles. The second-order valence-corrected chi connectivity index (χ2v) is 7.94. The summed E-state index contributed by atoms with van der Waals surface area (Å²) in [5.41, 5.74) is 0.604. The van der Waals surface area contributed by atoms with E-state index in [1.165, 1.54) is 11.3 Å². The summed E-state index contributed by atoms with van der Waals surface area (Å²) >= 11 is 1.25. The number of nitrogens with zero attached hydrogens (tertiary/aromatic N) is 3. The van der Waals surface area contributed by atoms with Gasteiger partial charge in [-0.05, 0) is 37.8 Å². The Hall–Kier alpha value is -2.68. The van der Waals surface area contributed by atoms with E-state index in [0.717, 1.165) is 37.2 Å². The summed E-state index contributed by atoms with van der Waals surface area (Å²) in [7, 11) is 0. The number of benzene rings is 1. The summed E-state index contributed by atoms with van der Waals surface area (Å²) in [4.78, 5) is 26.9. The fourth-order valence-corrected chi connectivity index (χ4v) is 4.36. The van der Waals surface area contributed by atoms with Crippen molar-refractivity contribution >= 4 is 28.8 Å². The zero-order valence-corrected chi connectivity index (χ0v) is 15.3. The molecular weight excluding hydrogens is 368 g/mol. The minimum Gasteiger partial charge on any atom is -0.454 e. The van der Waals surface area contributed by atoms with Gasteiger partial charge in [0, 0.05) is 24.2 Å². The molecule has 9 heteroatoms. The van der Waals surface area contributed by atoms with Crippen LogP contribution in [0.25, 0.3) is 0 Å². The van der Waals surface area contributed by atoms with Crippen LogP contribution in [-0.4, -0.2) is 40.2 Å². The van der Waals surface area contributed by atoms with Crippen LogP contribution >= 0.6 is 11.3 Å². The molecule has 3 heterocycles. The van der Waals surface area contributed by atoms with Crippen LogP contribution in [0.5, 0.6) is 11.5 Å². The number of anilines is 1. The van der Waals surface area contributed by atoms with Gasteiger partial charge in [0.1, 0.15) is 5.01 Å². The third-order valence-electron chi connectivity index (χ3n) is 5.01. The number of likely N-dealkylation sites (tertiary alicyclic amines) is 1. The van der Waals surface area contributed by atoms with Gasteiger partial charge in [-0.1, -0.05) is 11.3 Å². The highest BCUT2D eigenvalue weighted by Gasteiger charge is 2.40. The summed E-state index contributed by atoms with van der Waals surface area (Å²) in [6, 6.07) is 5.17. The molecule has 2 fully saturated rings. The Morgan fingerprint density at radius 3 is 2.85 bits per heavy atom. The quantitative estimate of drug-likeness (QED) is 0.868. The molecule has 0 bridgehead atoms. The van der Waals surface area contributed by atoms with Gasteiger partial charge in [0.15, 0.2) is 11.5 Å². The van der Waals surface area contributed by atoms with E-state index in [1.54, 1.807) is 18.2 Å². The molecule has 0 spiro atoms. The lowest BCUT2D eigenvalue weighted by molar-refractivity contribution is -0.133. The van der Waals surface area contributed by atoms with Crippen LogP contribution in [0.2, 0.25) is 0 Å². The zero-order valence-electron chi connectivity index (χ0n) is 14.5. The standard InChI is InChI=1S/C18H18N4O4S/c23-15(19-11-5-6-13-14(8-11)26-9-25-13)17-21-20-16(27-17)12-2-1-7-22(12)18(24)10-3-4-10/h5-6,8,10,12H,1-4,7,9H2,(H,19,23)/t12-/m0/s1. The number of aromatic nitrogens is 2. The number of rotatable bonds is 4. The molecule has 0 radical (unpaired) electrons. The maximum Gasteiger partial charge on any atom is 0.286 e. The lowest BCUT2D eigenvalue weighted by Gasteiger charge is -2.22. The molecule has 1 atom stereocenters. The first-order valence-corrected chi connectivity index (χ1v) is 9.85. The Kier molecular flexibility index (Phi) is 3.96. The number of carbonyl (C=O) groups is 2. The fourth-order valence-electron chi connectivity index (χ4n) is 3.47. The zero-order chi connectivity index (χ0) is 18.4. The van der Waals surface area contributed by atoms with E-state index in [-0.39, 0.29) is 35.6 Å². The van der Waals surface area contributed by atoms with E-state index in [4.69, 9.17) is 9.47 Å². The monoisotopic (exact) mass is 386 g/mol. The molecule has 1 aliphatic carbocycles. The molecule has 1 saturated heterocycles. The predicted octanol–water partition coefficient (Wildman–Crippen LogP) is 2.59. The van der Waals surface area contributed by atoms with Gasteiger partial charge in [-0.15, -0.1) is 10.2 Å². The first-order chi connectivity index (χ1) is 13.2. The molecule has 2 aliphatic heterocycles. The second kappa shape index (κ2) is 6.49. The van der Waals surface area contributed by atoms with Crippen molar-refractivity contribution in [1.29, 1.82) is 0 Å². The van der Waals surface area contributed by atoms with Gasteiger partial charge in [-0.2, -0.15) is 0 Å². The Balaban J connectivity index is 1.29. The Bertz CT molecular complexity index is 911. The molecule has 1 saturated carbocycles. The lowest BCUT2D eigenvalue weighted by atomic mass is 10.2. The predicted molar refractivity (Wildman–Crippen MR) is 96.8 cm³/mol. The van der Waals surface area contributed by atoms with Gasteiger partial charge in [0.25, 0.3) is 5.91 Å². The summed E-state index contributed by atoms with van der Waals surface area (Å²) in [6.45, 7) is 0.947. The molecule has 27 heavy (non-hydrogen) atoms. The van der Waals surface area contributed by atoms with Gasteiger partial charge in [-0.25, -0.2) is 0 Å². The van der Waals surface area contributed by atoms with Crippen LogP contribution in [0.15, 0.2) is 18.2 Å². The van der Waals surface area contributed by atoms with E-state index in [1.807, 2.05) is 4.90 Å². The van der Waals surface area contributed by atoms with Crippen molar-refractivity contribution < 1.29 is 19.1 Å². The molecule has 1 N–H and O–H groups in total. The summed E-state index contributed by atoms with van der Waals surface area (Å²) < 4.78 is 10.6. The van der Waals surface area contributed by atoms with Gasteiger partial charge in [0.05, 0.1) is 6.04 Å². The molecule has 5 rings (SSSR count). The van der Waals surface area contributed by atoms with Crippen molar-refractivity contribution in [3.63, 3.8) is 0 Å². The highest BCUT2D eigenvalue weighted by Crippen LogP contribution is 2.39. The first kappa shape index (κ1) is 16.5. The van der Waals surface area contributed by atoms with E-state index in [9.17, 15) is 9.59 Å². The number of hydrogen-bond acceptors (Lipinski definition) is 7. The number of fused-ring (bicyclic) bond motifs is 1. The Labute approximate surface area is 159 Å². The molecule has 3 aliphatic rings. The number of nitrogens with one attached hydrogen (secondary N) is 1. The van der Waals surface area contributed by atoms with Gasteiger partial charge >= 0.3 is 0 Å². The topological polar surface area (TPSA) is 93.7 Å². The maximum atomic E-state index is 12.5. The smallest absolute Gasteiger partial charge is 0.286 e. The molecule has 1 aromatic carbocycles. The van der Waals surface area contributed by atoms with Crippen LogP contribution in [0.1, 0.15) is 46.5 Å². The summed E-state index contributed by atoms with van der Waals surface area (Å²) in [5, 5.41) is 12.1. The van der Waals surface area contributed by atoms with Crippen LogP contribution < -0.4 is 14.8 Å². The van der Waals surface area contributed by atoms with Gasteiger partial charge in [0.2, 0.25) is 17.7 Å². The summed E-state index contributed by atoms with van der Waals surface area (Å²) in [5.74, 6) is 1.35. The molecule has 8 nitrogen and oxygen atoms in total. The van der Waals surface area contributed by atoms with E-state index < -0.39 is 0 Å². The van der Waals surface area contributed by atoms with Gasteiger partial charge in [-0.3, -0.25) is 9.59 Å². The van der Waals surface area contributed by atoms with E-state index >= 15 is 0 Å². The van der Waals surface area contributed by atoms with E-state index in [0.29, 0.717) is 17.2 Å². The second-order valence-electron chi connectivity index (χ2n) is 6.93. The molecule has 2 aromatic rings.